The molecule has 2 saturated heterocycles. The molecular weight excluding hydrogens is 290 g/mol. The van der Waals surface area contributed by atoms with Crippen molar-refractivity contribution in [1.29, 1.82) is 0 Å². The smallest absolute Gasteiger partial charge is 0.228 e. The van der Waals surface area contributed by atoms with Crippen LogP contribution in [-0.4, -0.2) is 40.5 Å². The number of anilines is 1. The number of aromatic nitrogens is 3. The fraction of sp³-hybridized carbons (Fsp3) is 0.412. The van der Waals surface area contributed by atoms with E-state index < -0.39 is 0 Å². The molecule has 4 heterocycles. The average Bonchev–Trinajstić information content (AvgIpc) is 2.96. The topological polar surface area (TPSA) is 71.0 Å². The van der Waals surface area contributed by atoms with Crippen molar-refractivity contribution in [3.63, 3.8) is 0 Å². The number of amides is 1. The van der Waals surface area contributed by atoms with Crippen LogP contribution in [0, 0.1) is 5.41 Å². The third-order valence-corrected chi connectivity index (χ3v) is 4.88. The summed E-state index contributed by atoms with van der Waals surface area (Å²) in [6, 6.07) is 3.88. The number of carbonyl (C=O) groups is 1. The summed E-state index contributed by atoms with van der Waals surface area (Å²) in [5.74, 6) is 0.900. The van der Waals surface area contributed by atoms with E-state index in [4.69, 9.17) is 0 Å². The second-order valence-electron chi connectivity index (χ2n) is 6.32. The number of nitrogens with zero attached hydrogens (tertiary/aromatic N) is 4. The SMILES string of the molecule is O=C1NCCC12CCCN(c1ncc(-c3ccncc3)cn1)C2. The highest BCUT2D eigenvalue weighted by atomic mass is 16.2. The lowest BCUT2D eigenvalue weighted by Crippen LogP contribution is -2.47. The first-order valence-corrected chi connectivity index (χ1v) is 8.03. The van der Waals surface area contributed by atoms with Crippen LogP contribution in [0.15, 0.2) is 36.9 Å². The van der Waals surface area contributed by atoms with Gasteiger partial charge in [-0.1, -0.05) is 0 Å². The molecule has 6 nitrogen and oxygen atoms in total. The largest absolute Gasteiger partial charge is 0.356 e. The van der Waals surface area contributed by atoms with E-state index >= 15 is 0 Å². The monoisotopic (exact) mass is 309 g/mol. The van der Waals surface area contributed by atoms with Crippen molar-refractivity contribution in [3.05, 3.63) is 36.9 Å². The van der Waals surface area contributed by atoms with Crippen LogP contribution in [0.25, 0.3) is 11.1 Å². The number of hydrogen-bond acceptors (Lipinski definition) is 5. The van der Waals surface area contributed by atoms with Gasteiger partial charge in [0, 0.05) is 50.0 Å². The zero-order chi connectivity index (χ0) is 15.7. The normalized spacial score (nSPS) is 24.0. The minimum absolute atomic E-state index is 0.190. The Morgan fingerprint density at radius 2 is 1.87 bits per heavy atom. The predicted molar refractivity (Wildman–Crippen MR) is 86.8 cm³/mol. The Morgan fingerprint density at radius 3 is 2.57 bits per heavy atom. The molecule has 2 aromatic rings. The van der Waals surface area contributed by atoms with Crippen LogP contribution in [0.4, 0.5) is 5.95 Å². The zero-order valence-corrected chi connectivity index (χ0v) is 12.9. The maximum absolute atomic E-state index is 12.2. The van der Waals surface area contributed by atoms with Crippen molar-refractivity contribution in [2.75, 3.05) is 24.5 Å². The molecule has 4 rings (SSSR count). The molecule has 0 aromatic carbocycles. The van der Waals surface area contributed by atoms with Gasteiger partial charge in [-0.25, -0.2) is 9.97 Å². The van der Waals surface area contributed by atoms with E-state index in [1.165, 1.54) is 0 Å². The van der Waals surface area contributed by atoms with Crippen molar-refractivity contribution < 1.29 is 4.79 Å². The van der Waals surface area contributed by atoms with Crippen molar-refractivity contribution >= 4 is 11.9 Å². The first-order chi connectivity index (χ1) is 11.3. The van der Waals surface area contributed by atoms with Crippen molar-refractivity contribution in [1.82, 2.24) is 20.3 Å². The molecule has 0 saturated carbocycles. The summed E-state index contributed by atoms with van der Waals surface area (Å²) in [5.41, 5.74) is 1.78. The Kier molecular flexibility index (Phi) is 3.44. The standard InChI is InChI=1S/C17H19N5O/c23-15-17(5-8-19-15)4-1-9-22(12-17)16-20-10-14(11-21-16)13-2-6-18-7-3-13/h2-3,6-7,10-11H,1,4-5,8-9,12H2,(H,19,23). The van der Waals surface area contributed by atoms with Crippen LogP contribution in [-0.2, 0) is 4.79 Å². The summed E-state index contributed by atoms with van der Waals surface area (Å²) < 4.78 is 0. The van der Waals surface area contributed by atoms with Crippen LogP contribution in [0.3, 0.4) is 0 Å². The maximum Gasteiger partial charge on any atom is 0.228 e. The molecule has 1 spiro atoms. The van der Waals surface area contributed by atoms with Gasteiger partial charge in [-0.15, -0.1) is 0 Å². The molecule has 2 aliphatic rings. The predicted octanol–water partition coefficient (Wildman–Crippen LogP) is 1.65. The Balaban J connectivity index is 1.55. The van der Waals surface area contributed by atoms with Crippen molar-refractivity contribution in [2.24, 2.45) is 5.41 Å². The molecule has 1 N–H and O–H groups in total. The molecule has 1 atom stereocenters. The minimum atomic E-state index is -0.245. The molecular formula is C17H19N5O. The molecule has 0 radical (unpaired) electrons. The molecule has 1 unspecified atom stereocenters. The maximum atomic E-state index is 12.2. The highest BCUT2D eigenvalue weighted by molar-refractivity contribution is 5.85. The van der Waals surface area contributed by atoms with Gasteiger partial charge in [-0.3, -0.25) is 9.78 Å². The fourth-order valence-electron chi connectivity index (χ4n) is 3.59. The number of rotatable bonds is 2. The van der Waals surface area contributed by atoms with Gasteiger partial charge in [0.25, 0.3) is 0 Å². The van der Waals surface area contributed by atoms with Gasteiger partial charge in [0.15, 0.2) is 0 Å². The highest BCUT2D eigenvalue weighted by Crippen LogP contribution is 2.37. The van der Waals surface area contributed by atoms with Crippen LogP contribution >= 0.6 is 0 Å². The molecule has 118 valence electrons. The molecule has 2 aromatic heterocycles. The molecule has 6 heteroatoms. The van der Waals surface area contributed by atoms with Crippen molar-refractivity contribution in [3.8, 4) is 11.1 Å². The number of nitrogens with one attached hydrogen (secondary N) is 1. The lowest BCUT2D eigenvalue weighted by Gasteiger charge is -2.38. The molecule has 1 amide bonds. The van der Waals surface area contributed by atoms with E-state index in [0.29, 0.717) is 12.5 Å². The Hall–Kier alpha value is -2.50. The van der Waals surface area contributed by atoms with Gasteiger partial charge in [-0.2, -0.15) is 0 Å². The van der Waals surface area contributed by atoms with Crippen LogP contribution in [0.2, 0.25) is 0 Å². The summed E-state index contributed by atoms with van der Waals surface area (Å²) in [4.78, 5) is 27.4. The van der Waals surface area contributed by atoms with Gasteiger partial charge in [0.2, 0.25) is 11.9 Å². The van der Waals surface area contributed by atoms with Gasteiger partial charge in [0.1, 0.15) is 0 Å². The highest BCUT2D eigenvalue weighted by Gasteiger charge is 2.45. The lowest BCUT2D eigenvalue weighted by molar-refractivity contribution is -0.128. The molecule has 2 fully saturated rings. The quantitative estimate of drug-likeness (QED) is 0.913. The van der Waals surface area contributed by atoms with Gasteiger partial charge >= 0.3 is 0 Å². The summed E-state index contributed by atoms with van der Waals surface area (Å²) in [7, 11) is 0. The number of carbonyl (C=O) groups excluding carboxylic acids is 1. The molecule has 23 heavy (non-hydrogen) atoms. The lowest BCUT2D eigenvalue weighted by atomic mass is 9.78. The second kappa shape index (κ2) is 5.61. The minimum Gasteiger partial charge on any atom is -0.356 e. The fourth-order valence-corrected chi connectivity index (χ4v) is 3.59. The van der Waals surface area contributed by atoms with E-state index in [9.17, 15) is 4.79 Å². The molecule has 2 aliphatic heterocycles. The van der Waals surface area contributed by atoms with E-state index in [1.54, 1.807) is 12.4 Å². The number of hydrogen-bond donors (Lipinski definition) is 1. The summed E-state index contributed by atoms with van der Waals surface area (Å²) in [6.45, 7) is 2.41. The van der Waals surface area contributed by atoms with E-state index in [-0.39, 0.29) is 11.3 Å². The summed E-state index contributed by atoms with van der Waals surface area (Å²) in [6.07, 6.45) is 10.1. The molecule has 0 bridgehead atoms. The first kappa shape index (κ1) is 14.1. The van der Waals surface area contributed by atoms with E-state index in [0.717, 1.165) is 43.5 Å². The second-order valence-corrected chi connectivity index (χ2v) is 6.32. The number of piperidine rings is 1. The third-order valence-electron chi connectivity index (χ3n) is 4.88. The molecule has 0 aliphatic carbocycles. The number of pyridine rings is 1. The first-order valence-electron chi connectivity index (χ1n) is 8.03. The van der Waals surface area contributed by atoms with E-state index in [1.807, 2.05) is 24.5 Å². The van der Waals surface area contributed by atoms with Crippen molar-refractivity contribution in [2.45, 2.75) is 19.3 Å². The van der Waals surface area contributed by atoms with Gasteiger partial charge < -0.3 is 10.2 Å². The Morgan fingerprint density at radius 1 is 1.09 bits per heavy atom. The zero-order valence-electron chi connectivity index (χ0n) is 12.9. The van der Waals surface area contributed by atoms with Crippen LogP contribution < -0.4 is 10.2 Å². The Labute approximate surface area is 135 Å². The average molecular weight is 309 g/mol. The van der Waals surface area contributed by atoms with Gasteiger partial charge in [-0.05, 0) is 37.0 Å². The Bertz CT molecular complexity index is 703. The summed E-state index contributed by atoms with van der Waals surface area (Å²) in [5, 5.41) is 2.97. The summed E-state index contributed by atoms with van der Waals surface area (Å²) >= 11 is 0. The van der Waals surface area contributed by atoms with Gasteiger partial charge in [0.05, 0.1) is 5.41 Å². The van der Waals surface area contributed by atoms with E-state index in [2.05, 4.69) is 25.2 Å². The van der Waals surface area contributed by atoms with Crippen LogP contribution in [0.5, 0.6) is 0 Å². The van der Waals surface area contributed by atoms with Crippen LogP contribution in [0.1, 0.15) is 19.3 Å². The third kappa shape index (κ3) is 2.54.